The van der Waals surface area contributed by atoms with E-state index in [1.54, 1.807) is 7.11 Å². The van der Waals surface area contributed by atoms with Crippen LogP contribution in [-0.2, 0) is 4.74 Å². The first-order valence-electron chi connectivity index (χ1n) is 8.40. The van der Waals surface area contributed by atoms with Crippen LogP contribution in [-0.4, -0.2) is 44.3 Å². The van der Waals surface area contributed by atoms with E-state index in [0.29, 0.717) is 17.9 Å². The van der Waals surface area contributed by atoms with Crippen molar-refractivity contribution in [3.63, 3.8) is 0 Å². The van der Waals surface area contributed by atoms with Gasteiger partial charge < -0.3 is 15.4 Å². The van der Waals surface area contributed by atoms with E-state index in [9.17, 15) is 0 Å². The van der Waals surface area contributed by atoms with Crippen LogP contribution in [0.5, 0.6) is 0 Å². The maximum absolute atomic E-state index is 6.39. The fourth-order valence-electron chi connectivity index (χ4n) is 3.46. The van der Waals surface area contributed by atoms with E-state index in [-0.39, 0.29) is 0 Å². The van der Waals surface area contributed by atoms with Gasteiger partial charge in [-0.25, -0.2) is 0 Å². The third kappa shape index (κ3) is 6.11. The molecule has 0 aromatic carbocycles. The highest BCUT2D eigenvalue weighted by Gasteiger charge is 2.30. The van der Waals surface area contributed by atoms with Crippen molar-refractivity contribution in [2.45, 2.75) is 53.0 Å². The Morgan fingerprint density at radius 2 is 1.90 bits per heavy atom. The van der Waals surface area contributed by atoms with Crippen molar-refractivity contribution in [2.24, 2.45) is 29.4 Å². The van der Waals surface area contributed by atoms with E-state index in [1.165, 1.54) is 19.3 Å². The Kier molecular flexibility index (Phi) is 8.08. The monoisotopic (exact) mass is 284 g/mol. The van der Waals surface area contributed by atoms with Crippen LogP contribution in [0.4, 0.5) is 0 Å². The van der Waals surface area contributed by atoms with Crippen LogP contribution in [0.3, 0.4) is 0 Å². The molecule has 1 aliphatic rings. The van der Waals surface area contributed by atoms with Gasteiger partial charge in [-0.3, -0.25) is 0 Å². The second-order valence-corrected chi connectivity index (χ2v) is 7.39. The zero-order valence-electron chi connectivity index (χ0n) is 14.3. The molecule has 3 unspecified atom stereocenters. The van der Waals surface area contributed by atoms with Gasteiger partial charge in [0.25, 0.3) is 0 Å². The third-order valence-corrected chi connectivity index (χ3v) is 4.75. The molecular formula is C17H36N2O. The van der Waals surface area contributed by atoms with Gasteiger partial charge in [-0.2, -0.15) is 0 Å². The molecule has 20 heavy (non-hydrogen) atoms. The van der Waals surface area contributed by atoms with Gasteiger partial charge in [0.2, 0.25) is 0 Å². The summed E-state index contributed by atoms with van der Waals surface area (Å²) in [4.78, 5) is 2.56. The van der Waals surface area contributed by atoms with E-state index < -0.39 is 0 Å². The second-order valence-electron chi connectivity index (χ2n) is 7.39. The van der Waals surface area contributed by atoms with Crippen LogP contribution in [0.15, 0.2) is 0 Å². The predicted octanol–water partition coefficient (Wildman–Crippen LogP) is 2.99. The summed E-state index contributed by atoms with van der Waals surface area (Å²) in [6.07, 6.45) is 3.82. The fourth-order valence-corrected chi connectivity index (χ4v) is 3.46. The number of nitrogens with zero attached hydrogens (tertiary/aromatic N) is 1. The lowest BCUT2D eigenvalue weighted by Gasteiger charge is -2.39. The molecule has 0 aromatic heterocycles. The van der Waals surface area contributed by atoms with Gasteiger partial charge in [0.15, 0.2) is 0 Å². The molecule has 0 aliphatic heterocycles. The lowest BCUT2D eigenvalue weighted by atomic mass is 9.73. The first-order valence-corrected chi connectivity index (χ1v) is 8.40. The summed E-state index contributed by atoms with van der Waals surface area (Å²) in [6, 6.07) is 0.391. The summed E-state index contributed by atoms with van der Waals surface area (Å²) >= 11 is 0. The molecule has 1 saturated carbocycles. The third-order valence-electron chi connectivity index (χ3n) is 4.75. The topological polar surface area (TPSA) is 38.5 Å². The van der Waals surface area contributed by atoms with Crippen molar-refractivity contribution in [1.29, 1.82) is 0 Å². The number of hydrogen-bond acceptors (Lipinski definition) is 3. The van der Waals surface area contributed by atoms with E-state index in [1.807, 2.05) is 0 Å². The number of rotatable bonds is 8. The molecule has 0 amide bonds. The molecule has 3 nitrogen and oxygen atoms in total. The minimum absolute atomic E-state index is 0.391. The molecule has 120 valence electrons. The summed E-state index contributed by atoms with van der Waals surface area (Å²) in [6.45, 7) is 13.4. The smallest absolute Gasteiger partial charge is 0.0589 e. The van der Waals surface area contributed by atoms with Gasteiger partial charge in [0, 0.05) is 32.8 Å². The van der Waals surface area contributed by atoms with Crippen molar-refractivity contribution in [1.82, 2.24) is 4.90 Å². The maximum atomic E-state index is 6.39. The first kappa shape index (κ1) is 17.9. The molecule has 3 atom stereocenters. The average Bonchev–Trinajstić information content (AvgIpc) is 2.37. The summed E-state index contributed by atoms with van der Waals surface area (Å²) in [5.74, 6) is 3.02. The van der Waals surface area contributed by atoms with Crippen LogP contribution in [0.25, 0.3) is 0 Å². The number of ether oxygens (including phenoxy) is 1. The summed E-state index contributed by atoms with van der Waals surface area (Å²) in [5.41, 5.74) is 6.39. The van der Waals surface area contributed by atoms with E-state index >= 15 is 0 Å². The van der Waals surface area contributed by atoms with Crippen molar-refractivity contribution in [3.8, 4) is 0 Å². The quantitative estimate of drug-likeness (QED) is 0.744. The predicted molar refractivity (Wildman–Crippen MR) is 86.8 cm³/mol. The molecule has 0 bridgehead atoms. The molecule has 0 spiro atoms. The van der Waals surface area contributed by atoms with Crippen LogP contribution < -0.4 is 5.73 Å². The van der Waals surface area contributed by atoms with Gasteiger partial charge in [-0.15, -0.1) is 0 Å². The zero-order valence-corrected chi connectivity index (χ0v) is 14.3. The summed E-state index contributed by atoms with van der Waals surface area (Å²) < 4.78 is 5.26. The van der Waals surface area contributed by atoms with Gasteiger partial charge in [-0.05, 0) is 42.9 Å². The van der Waals surface area contributed by atoms with Gasteiger partial charge >= 0.3 is 0 Å². The van der Waals surface area contributed by atoms with Crippen molar-refractivity contribution < 1.29 is 4.74 Å². The molecule has 1 rings (SSSR count). The largest absolute Gasteiger partial charge is 0.383 e. The molecule has 0 saturated heterocycles. The highest BCUT2D eigenvalue weighted by atomic mass is 16.5. The molecular weight excluding hydrogens is 248 g/mol. The second kappa shape index (κ2) is 9.01. The Hall–Kier alpha value is -0.120. The van der Waals surface area contributed by atoms with Crippen molar-refractivity contribution >= 4 is 0 Å². The molecule has 1 fully saturated rings. The minimum Gasteiger partial charge on any atom is -0.383 e. The molecule has 1 aliphatic carbocycles. The average molecular weight is 284 g/mol. The highest BCUT2D eigenvalue weighted by Crippen LogP contribution is 2.33. The SMILES string of the molecule is COCCN(CC(C)C)CC1CC(C(C)C)CCC1N. The molecule has 2 N–H and O–H groups in total. The summed E-state index contributed by atoms with van der Waals surface area (Å²) in [5, 5.41) is 0. The minimum atomic E-state index is 0.391. The van der Waals surface area contributed by atoms with E-state index in [2.05, 4.69) is 32.6 Å². The lowest BCUT2D eigenvalue weighted by molar-refractivity contribution is 0.0992. The first-order chi connectivity index (χ1) is 9.43. The van der Waals surface area contributed by atoms with Crippen molar-refractivity contribution in [3.05, 3.63) is 0 Å². The molecule has 0 aromatic rings. The Bertz CT molecular complexity index is 255. The Morgan fingerprint density at radius 1 is 1.20 bits per heavy atom. The van der Waals surface area contributed by atoms with E-state index in [0.717, 1.165) is 38.1 Å². The Labute approximate surface area is 126 Å². The lowest BCUT2D eigenvalue weighted by Crippen LogP contribution is -2.45. The number of hydrogen-bond donors (Lipinski definition) is 1. The normalized spacial score (nSPS) is 27.8. The highest BCUT2D eigenvalue weighted by molar-refractivity contribution is 4.85. The van der Waals surface area contributed by atoms with Crippen LogP contribution in [0.1, 0.15) is 47.0 Å². The van der Waals surface area contributed by atoms with Gasteiger partial charge in [-0.1, -0.05) is 27.7 Å². The van der Waals surface area contributed by atoms with Crippen LogP contribution >= 0.6 is 0 Å². The van der Waals surface area contributed by atoms with Crippen LogP contribution in [0, 0.1) is 23.7 Å². The maximum Gasteiger partial charge on any atom is 0.0589 e. The van der Waals surface area contributed by atoms with E-state index in [4.69, 9.17) is 10.5 Å². The molecule has 0 heterocycles. The Balaban J connectivity index is 2.54. The van der Waals surface area contributed by atoms with Crippen LogP contribution in [0.2, 0.25) is 0 Å². The zero-order chi connectivity index (χ0) is 15.1. The number of nitrogens with two attached hydrogens (primary N) is 1. The number of methoxy groups -OCH3 is 1. The molecule has 0 radical (unpaired) electrons. The summed E-state index contributed by atoms with van der Waals surface area (Å²) in [7, 11) is 1.79. The molecule has 3 heteroatoms. The van der Waals surface area contributed by atoms with Gasteiger partial charge in [0.05, 0.1) is 6.61 Å². The van der Waals surface area contributed by atoms with Crippen molar-refractivity contribution in [2.75, 3.05) is 33.4 Å². The van der Waals surface area contributed by atoms with Gasteiger partial charge in [0.1, 0.15) is 0 Å². The Morgan fingerprint density at radius 3 is 2.45 bits per heavy atom. The fraction of sp³-hybridized carbons (Fsp3) is 1.00. The standard InChI is InChI=1S/C17H36N2O/c1-13(2)11-19(8-9-20-5)12-16-10-15(14(3)4)6-7-17(16)18/h13-17H,6-12,18H2,1-5H3.